The molecule has 4 N–H and O–H groups in total. The highest BCUT2D eigenvalue weighted by Gasteiger charge is 2.11. The topological polar surface area (TPSA) is 52.0 Å². The Balaban J connectivity index is 2.33. The van der Waals surface area contributed by atoms with Gasteiger partial charge in [0.15, 0.2) is 0 Å². The van der Waals surface area contributed by atoms with E-state index in [9.17, 15) is 0 Å². The van der Waals surface area contributed by atoms with Crippen molar-refractivity contribution >= 4 is 5.69 Å². The molecule has 2 nitrogen and oxygen atoms in total. The first-order valence-corrected chi connectivity index (χ1v) is 5.41. The van der Waals surface area contributed by atoms with E-state index in [1.165, 1.54) is 11.1 Å². The predicted octanol–water partition coefficient (Wildman–Crippen LogP) is 2.36. The third-order valence-corrected chi connectivity index (χ3v) is 2.78. The smallest absolute Gasteiger partial charge is 0.0314 e. The van der Waals surface area contributed by atoms with Gasteiger partial charge in [0.2, 0.25) is 0 Å². The lowest BCUT2D eigenvalue weighted by molar-refractivity contribution is 0.819. The van der Waals surface area contributed by atoms with Crippen LogP contribution in [-0.4, -0.2) is 6.54 Å². The fraction of sp³-hybridized carbons (Fsp3) is 0.143. The maximum atomic E-state index is 5.84. The average Bonchev–Trinajstić information content (AvgIpc) is 2.34. The Morgan fingerprint density at radius 2 is 1.38 bits per heavy atom. The summed E-state index contributed by atoms with van der Waals surface area (Å²) in [5, 5.41) is 0. The minimum Gasteiger partial charge on any atom is -0.399 e. The molecule has 0 aromatic heterocycles. The lowest BCUT2D eigenvalue weighted by atomic mass is 9.91. The molecule has 0 saturated carbocycles. The Labute approximate surface area is 95.9 Å². The average molecular weight is 212 g/mol. The molecule has 0 fully saturated rings. The molecule has 2 aromatic rings. The van der Waals surface area contributed by atoms with Crippen LogP contribution < -0.4 is 11.5 Å². The number of rotatable bonds is 3. The molecule has 2 rings (SSSR count). The van der Waals surface area contributed by atoms with Crippen molar-refractivity contribution in [3.63, 3.8) is 0 Å². The Morgan fingerprint density at radius 1 is 0.812 bits per heavy atom. The molecule has 0 bridgehead atoms. The van der Waals surface area contributed by atoms with E-state index in [1.807, 2.05) is 42.5 Å². The zero-order valence-corrected chi connectivity index (χ0v) is 9.14. The van der Waals surface area contributed by atoms with Gasteiger partial charge in [-0.25, -0.2) is 0 Å². The van der Waals surface area contributed by atoms with Crippen LogP contribution in [0.1, 0.15) is 17.0 Å². The van der Waals surface area contributed by atoms with Crippen LogP contribution in [-0.2, 0) is 0 Å². The first-order valence-electron chi connectivity index (χ1n) is 5.41. The van der Waals surface area contributed by atoms with Crippen molar-refractivity contribution < 1.29 is 0 Å². The second kappa shape index (κ2) is 4.81. The van der Waals surface area contributed by atoms with E-state index >= 15 is 0 Å². The van der Waals surface area contributed by atoms with Gasteiger partial charge in [-0.15, -0.1) is 0 Å². The molecule has 0 saturated heterocycles. The quantitative estimate of drug-likeness (QED) is 0.767. The molecule has 82 valence electrons. The molecular weight excluding hydrogens is 196 g/mol. The normalized spacial score (nSPS) is 12.3. The third-order valence-electron chi connectivity index (χ3n) is 2.78. The second-order valence-electron chi connectivity index (χ2n) is 3.87. The lowest BCUT2D eigenvalue weighted by Crippen LogP contribution is -2.13. The lowest BCUT2D eigenvalue weighted by Gasteiger charge is -2.15. The molecule has 1 unspecified atom stereocenters. The zero-order chi connectivity index (χ0) is 11.4. The molecular formula is C14H16N2. The van der Waals surface area contributed by atoms with Crippen LogP contribution in [0.3, 0.4) is 0 Å². The van der Waals surface area contributed by atoms with Gasteiger partial charge in [-0.2, -0.15) is 0 Å². The van der Waals surface area contributed by atoms with Crippen molar-refractivity contribution in [2.45, 2.75) is 5.92 Å². The van der Waals surface area contributed by atoms with Crippen molar-refractivity contribution in [2.75, 3.05) is 12.3 Å². The van der Waals surface area contributed by atoms with E-state index in [2.05, 4.69) is 12.1 Å². The highest BCUT2D eigenvalue weighted by molar-refractivity contribution is 5.42. The van der Waals surface area contributed by atoms with Crippen LogP contribution in [0.4, 0.5) is 5.69 Å². The summed E-state index contributed by atoms with van der Waals surface area (Å²) in [4.78, 5) is 0. The molecule has 0 aliphatic carbocycles. The van der Waals surface area contributed by atoms with Crippen molar-refractivity contribution in [2.24, 2.45) is 5.73 Å². The molecule has 0 radical (unpaired) electrons. The Hall–Kier alpha value is -1.80. The summed E-state index contributed by atoms with van der Waals surface area (Å²) in [5.74, 6) is 0.252. The first kappa shape index (κ1) is 10.7. The largest absolute Gasteiger partial charge is 0.399 e. The summed E-state index contributed by atoms with van der Waals surface area (Å²) in [6.45, 7) is 0.605. The number of benzene rings is 2. The summed E-state index contributed by atoms with van der Waals surface area (Å²) in [6.07, 6.45) is 0. The van der Waals surface area contributed by atoms with Crippen LogP contribution in [0.2, 0.25) is 0 Å². The number of nitrogens with two attached hydrogens (primary N) is 2. The molecule has 0 aliphatic heterocycles. The highest BCUT2D eigenvalue weighted by atomic mass is 14.6. The van der Waals surface area contributed by atoms with Gasteiger partial charge in [0.1, 0.15) is 0 Å². The first-order chi connectivity index (χ1) is 7.81. The number of anilines is 1. The van der Waals surface area contributed by atoms with E-state index in [4.69, 9.17) is 11.5 Å². The molecule has 0 amide bonds. The number of hydrogen-bond acceptors (Lipinski definition) is 2. The van der Waals surface area contributed by atoms with E-state index < -0.39 is 0 Å². The maximum Gasteiger partial charge on any atom is 0.0314 e. The van der Waals surface area contributed by atoms with Gasteiger partial charge in [0.25, 0.3) is 0 Å². The van der Waals surface area contributed by atoms with Gasteiger partial charge in [-0.1, -0.05) is 42.5 Å². The molecule has 0 spiro atoms. The monoisotopic (exact) mass is 212 g/mol. The highest BCUT2D eigenvalue weighted by Crippen LogP contribution is 2.23. The standard InChI is InChI=1S/C14H16N2/c15-10-14(11-4-2-1-3-5-11)12-6-8-13(16)9-7-12/h1-9,14H,10,15-16H2. The Morgan fingerprint density at radius 3 is 1.94 bits per heavy atom. The van der Waals surface area contributed by atoms with E-state index in [0.29, 0.717) is 6.54 Å². The van der Waals surface area contributed by atoms with Gasteiger partial charge in [0.05, 0.1) is 0 Å². The molecule has 0 heterocycles. The molecule has 16 heavy (non-hydrogen) atoms. The minimum absolute atomic E-state index is 0.252. The second-order valence-corrected chi connectivity index (χ2v) is 3.87. The third kappa shape index (κ3) is 2.23. The predicted molar refractivity (Wildman–Crippen MR) is 68.2 cm³/mol. The zero-order valence-electron chi connectivity index (χ0n) is 9.14. The van der Waals surface area contributed by atoms with Gasteiger partial charge in [-0.05, 0) is 23.3 Å². The van der Waals surface area contributed by atoms with Gasteiger partial charge >= 0.3 is 0 Å². The van der Waals surface area contributed by atoms with Crippen LogP contribution >= 0.6 is 0 Å². The minimum atomic E-state index is 0.252. The molecule has 1 atom stereocenters. The van der Waals surface area contributed by atoms with Gasteiger partial charge in [0, 0.05) is 18.2 Å². The summed E-state index contributed by atoms with van der Waals surface area (Å²) >= 11 is 0. The van der Waals surface area contributed by atoms with Gasteiger partial charge < -0.3 is 11.5 Å². The number of hydrogen-bond donors (Lipinski definition) is 2. The fourth-order valence-electron chi connectivity index (χ4n) is 1.88. The van der Waals surface area contributed by atoms with E-state index in [1.54, 1.807) is 0 Å². The fourth-order valence-corrected chi connectivity index (χ4v) is 1.88. The van der Waals surface area contributed by atoms with E-state index in [-0.39, 0.29) is 5.92 Å². The maximum absolute atomic E-state index is 5.84. The molecule has 2 aromatic carbocycles. The Bertz CT molecular complexity index is 434. The van der Waals surface area contributed by atoms with Crippen LogP contribution in [0.15, 0.2) is 54.6 Å². The number of nitrogen functional groups attached to an aromatic ring is 1. The Kier molecular flexibility index (Phi) is 3.22. The summed E-state index contributed by atoms with van der Waals surface area (Å²) in [6, 6.07) is 18.2. The SMILES string of the molecule is NCC(c1ccccc1)c1ccc(N)cc1. The van der Waals surface area contributed by atoms with Crippen molar-refractivity contribution in [3.05, 3.63) is 65.7 Å². The van der Waals surface area contributed by atoms with Crippen LogP contribution in [0, 0.1) is 0 Å². The molecule has 0 aliphatic rings. The van der Waals surface area contributed by atoms with Crippen molar-refractivity contribution in [1.82, 2.24) is 0 Å². The summed E-state index contributed by atoms with van der Waals surface area (Å²) in [7, 11) is 0. The van der Waals surface area contributed by atoms with Crippen LogP contribution in [0.5, 0.6) is 0 Å². The summed E-state index contributed by atoms with van der Waals surface area (Å²) in [5.41, 5.74) is 14.8. The van der Waals surface area contributed by atoms with Crippen molar-refractivity contribution in [1.29, 1.82) is 0 Å². The van der Waals surface area contributed by atoms with Gasteiger partial charge in [-0.3, -0.25) is 0 Å². The molecule has 2 heteroatoms. The van der Waals surface area contributed by atoms with Crippen LogP contribution in [0.25, 0.3) is 0 Å². The van der Waals surface area contributed by atoms with E-state index in [0.717, 1.165) is 5.69 Å². The summed E-state index contributed by atoms with van der Waals surface area (Å²) < 4.78 is 0. The van der Waals surface area contributed by atoms with Crippen molar-refractivity contribution in [3.8, 4) is 0 Å².